The molecule has 5 aromatic rings. The van der Waals surface area contributed by atoms with E-state index in [4.69, 9.17) is 46.8 Å². The van der Waals surface area contributed by atoms with Gasteiger partial charge in [0.25, 0.3) is 0 Å². The number of hydrogen-bond acceptors (Lipinski definition) is 25. The van der Waals surface area contributed by atoms with Gasteiger partial charge in [-0.05, 0) is 119 Å². The van der Waals surface area contributed by atoms with Crippen LogP contribution in [0, 0.1) is 5.92 Å². The number of hydrogen-bond donors (Lipinski definition) is 14. The standard InChI is InChI=1S/C82H108ClN13O19S4/c1-45-18-17-24-65(112-9)82(110)41-64(113-80(109)94-82)46(2)71-81(5,115-71)66(40-68(100)96(7)62-37-51(34-45)38-63(111-8)69(62)83)114-79(108)47(3)95(6)67(99)29-32-116-117-33-31-86-73(102)60-43-118-119-44-61(91-72(101)55(85)35-49-19-11-10-12-20-49)77(106)89-58(36-50-25-27-53(98)28-26-50)75(104)90-59(39-52-42-87-56-22-14-13-21-54(52)56)76(105)88-57(23-15-16-30-84)74(103)93-70(48(4)97)78(107)92-60/h10-14,17-22,24-28,37-38,42,46-48,55,57-61,64-66,70-71,87,97-98,110H,15-16,23,29-36,39-41,43-44,84-85H2,1-9H3,(H,86,102)(H,88,105)(H,89,106)(H,90,104)(H,91,101)(H,92,107)(H,93,103)(H,94,109)/b24-17+,45-18+/t46-,47+,48-,55-,57+,58+,59-,60+,61+,64+,65-,66+,70+,71+,81-,82+/m1/s1. The molecule has 119 heavy (non-hydrogen) atoms. The van der Waals surface area contributed by atoms with Crippen molar-refractivity contribution in [2.24, 2.45) is 17.4 Å². The maximum Gasteiger partial charge on any atom is 0.409 e. The SMILES string of the molecule is COc1cc2cc(c1Cl)N(C)C(=O)C[C@H](OC(=O)[C@H](C)N(C)C(=O)CCSSCCNC(=O)[C@@H]1CSSC[C@H](NC(=O)[C@H](N)Cc3ccccc3)C(=O)N[C@@H](Cc3ccc(O)cc3)C(=O)N[C@H](Cc3c[nH]c4ccccc34)C(=O)N[C@@H](CCCCN)C(=O)N[C@@H]([C@@H](C)O)C(=O)N1)[C@@]1(C)O[C@H]1[C@H](C)[C@@H]1C[C@@](O)(NC(=O)O1)[C@H](OC)/C=C/C=C(\C)C2. The summed E-state index contributed by atoms with van der Waals surface area (Å²) in [6.45, 7) is 8.27. The molecule has 1 aromatic heterocycles. The van der Waals surface area contributed by atoms with Gasteiger partial charge in [-0.1, -0.05) is 146 Å². The second kappa shape index (κ2) is 43.9. The Morgan fingerprint density at radius 1 is 0.840 bits per heavy atom. The van der Waals surface area contributed by atoms with Gasteiger partial charge in [0.15, 0.2) is 5.72 Å². The van der Waals surface area contributed by atoms with E-state index in [9.17, 15) is 63.3 Å². The fourth-order valence-corrected chi connectivity index (χ4v) is 18.7. The Hall–Kier alpha value is -9.08. The third-order valence-corrected chi connectivity index (χ3v) is 26.5. The lowest BCUT2D eigenvalue weighted by atomic mass is 9.83. The van der Waals surface area contributed by atoms with E-state index in [-0.39, 0.29) is 85.4 Å². The van der Waals surface area contributed by atoms with Crippen molar-refractivity contribution in [3.63, 3.8) is 0 Å². The number of H-pyrrole nitrogens is 1. The number of para-hydroxylation sites is 1. The minimum absolute atomic E-state index is 0.0135. The van der Waals surface area contributed by atoms with Crippen molar-refractivity contribution in [1.82, 2.24) is 52.4 Å². The van der Waals surface area contributed by atoms with Crippen LogP contribution in [0.5, 0.6) is 11.5 Å². The number of aliphatic hydroxyl groups is 2. The number of amides is 10. The molecule has 0 spiro atoms. The fraction of sp³-hybridized carbons (Fsp3) is 0.500. The van der Waals surface area contributed by atoms with Crippen molar-refractivity contribution in [1.29, 1.82) is 0 Å². The van der Waals surface area contributed by atoms with Gasteiger partial charge in [-0.3, -0.25) is 48.5 Å². The summed E-state index contributed by atoms with van der Waals surface area (Å²) < 4.78 is 29.7. The van der Waals surface area contributed by atoms with Crippen LogP contribution in [-0.4, -0.2) is 245 Å². The molecule has 4 aromatic carbocycles. The highest BCUT2D eigenvalue weighted by Crippen LogP contribution is 2.49. The summed E-state index contributed by atoms with van der Waals surface area (Å²) >= 11 is 6.89. The molecule has 4 bridgehead atoms. The molecule has 37 heteroatoms. The molecule has 5 heterocycles. The van der Waals surface area contributed by atoms with E-state index in [2.05, 4.69) is 47.5 Å². The third kappa shape index (κ3) is 25.7. The Morgan fingerprint density at radius 3 is 2.22 bits per heavy atom. The van der Waals surface area contributed by atoms with Crippen LogP contribution in [0.25, 0.3) is 10.9 Å². The smallest absolute Gasteiger partial charge is 0.409 e. The average molecular weight is 1740 g/mol. The first-order valence-electron chi connectivity index (χ1n) is 39.2. The summed E-state index contributed by atoms with van der Waals surface area (Å²) in [6.07, 6.45) is 0.441. The van der Waals surface area contributed by atoms with Crippen molar-refractivity contribution in [3.8, 4) is 11.5 Å². The lowest BCUT2D eigenvalue weighted by molar-refractivity contribution is -0.162. The number of benzene rings is 4. The number of fused-ring (bicyclic) bond motifs is 6. The predicted molar refractivity (Wildman–Crippen MR) is 457 cm³/mol. The summed E-state index contributed by atoms with van der Waals surface area (Å²) in [5.41, 5.74) is 13.5. The molecule has 0 unspecified atom stereocenters. The van der Waals surface area contributed by atoms with Gasteiger partial charge in [-0.25, -0.2) is 9.59 Å². The number of halogens is 1. The molecule has 10 amide bonds. The van der Waals surface area contributed by atoms with E-state index in [1.807, 2.05) is 31.2 Å². The number of epoxide rings is 1. The molecule has 9 rings (SSSR count). The number of aromatic hydroxyl groups is 1. The van der Waals surface area contributed by atoms with Gasteiger partial charge in [0.05, 0.1) is 37.5 Å². The molecule has 16 atom stereocenters. The van der Waals surface area contributed by atoms with Gasteiger partial charge in [0.2, 0.25) is 53.2 Å². The summed E-state index contributed by atoms with van der Waals surface area (Å²) in [7, 11) is 10.5. The number of phenols is 1. The third-order valence-electron chi connectivity index (χ3n) is 21.3. The Bertz CT molecular complexity index is 4470. The average Bonchev–Trinajstić information content (AvgIpc) is 1.57. The number of aliphatic hydroxyl groups excluding tert-OH is 1. The highest BCUT2D eigenvalue weighted by atomic mass is 35.5. The van der Waals surface area contributed by atoms with E-state index in [1.54, 1.807) is 92.9 Å². The zero-order chi connectivity index (χ0) is 86.4. The Kier molecular flexibility index (Phi) is 34.6. The monoisotopic (exact) mass is 1740 g/mol. The second-order valence-electron chi connectivity index (χ2n) is 30.2. The Labute approximate surface area is 711 Å². The molecular formula is C82H108ClN13O19S4. The van der Waals surface area contributed by atoms with E-state index < -0.39 is 168 Å². The largest absolute Gasteiger partial charge is 0.508 e. The van der Waals surface area contributed by atoms with Crippen LogP contribution in [0.1, 0.15) is 95.4 Å². The van der Waals surface area contributed by atoms with Crippen molar-refractivity contribution in [2.45, 2.75) is 189 Å². The number of ether oxygens (including phenoxy) is 5. The highest BCUT2D eigenvalue weighted by Gasteiger charge is 2.65. The summed E-state index contributed by atoms with van der Waals surface area (Å²) in [6, 6.07) is 14.4. The van der Waals surface area contributed by atoms with Crippen LogP contribution in [0.4, 0.5) is 10.5 Å². The number of nitrogens with zero attached hydrogens (tertiary/aromatic N) is 2. The minimum atomic E-state index is -1.93. The van der Waals surface area contributed by atoms with Gasteiger partial charge in [-0.2, -0.15) is 0 Å². The molecular weight excluding hydrogens is 1630 g/mol. The van der Waals surface area contributed by atoms with Crippen LogP contribution >= 0.6 is 54.8 Å². The van der Waals surface area contributed by atoms with Crippen molar-refractivity contribution < 1.29 is 91.7 Å². The van der Waals surface area contributed by atoms with Gasteiger partial charge in [0.1, 0.15) is 82.7 Å². The predicted octanol–water partition coefficient (Wildman–Crippen LogP) is 4.46. The number of esters is 1. The maximum absolute atomic E-state index is 15.0. The zero-order valence-electron chi connectivity index (χ0n) is 67.8. The molecule has 4 aliphatic heterocycles. The summed E-state index contributed by atoms with van der Waals surface area (Å²) in [4.78, 5) is 164. The van der Waals surface area contributed by atoms with Crippen molar-refractivity contribution in [2.75, 3.05) is 69.3 Å². The molecule has 16 N–H and O–H groups in total. The van der Waals surface area contributed by atoms with E-state index >= 15 is 4.79 Å². The van der Waals surface area contributed by atoms with Gasteiger partial charge in [0, 0.05) is 99.5 Å². The number of aromatic amines is 1. The topological polar surface area (TPSA) is 468 Å². The summed E-state index contributed by atoms with van der Waals surface area (Å²) in [5.74, 6) is -8.00. The molecule has 3 fully saturated rings. The van der Waals surface area contributed by atoms with Crippen LogP contribution < -0.4 is 63.6 Å². The number of phenolic OH excluding ortho intramolecular Hbond substituents is 1. The number of carbonyl (C=O) groups is 11. The normalized spacial score (nSPS) is 26.6. The molecule has 4 aliphatic rings. The maximum atomic E-state index is 15.0. The molecule has 0 saturated carbocycles. The Balaban J connectivity index is 0.882. The number of likely N-dealkylation sites (N-methyl/N-ethyl adjacent to an activating group) is 1. The second-order valence-corrected chi connectivity index (χ2v) is 35.8. The first kappa shape index (κ1) is 93.8. The number of carbonyl (C=O) groups excluding carboxylic acids is 11. The first-order valence-corrected chi connectivity index (χ1v) is 44.5. The fourth-order valence-electron chi connectivity index (χ4n) is 14.1. The summed E-state index contributed by atoms with van der Waals surface area (Å²) in [5, 5.41) is 56.1. The molecule has 646 valence electrons. The molecule has 32 nitrogen and oxygen atoms in total. The number of allylic oxidation sites excluding steroid dienone is 3. The van der Waals surface area contributed by atoms with E-state index in [0.29, 0.717) is 41.8 Å². The van der Waals surface area contributed by atoms with E-state index in [0.717, 1.165) is 49.2 Å². The number of unbranched alkanes of at least 4 members (excludes halogenated alkanes) is 1. The number of aromatic nitrogens is 1. The number of methoxy groups -OCH3 is 2. The first-order chi connectivity index (χ1) is 56.7. The van der Waals surface area contributed by atoms with Crippen LogP contribution in [-0.2, 0) is 92.6 Å². The molecule has 0 radical (unpaired) electrons. The van der Waals surface area contributed by atoms with Crippen molar-refractivity contribution in [3.05, 3.63) is 148 Å². The number of nitrogens with one attached hydrogen (secondary N) is 9. The molecule has 0 aliphatic carbocycles. The Morgan fingerprint density at radius 2 is 1.51 bits per heavy atom. The number of alkyl carbamates (subject to hydrolysis) is 1. The zero-order valence-corrected chi connectivity index (χ0v) is 71.8. The number of rotatable bonds is 26. The van der Waals surface area contributed by atoms with Crippen LogP contribution in [0.2, 0.25) is 5.02 Å². The quantitative estimate of drug-likeness (QED) is 0.0157. The van der Waals surface area contributed by atoms with Gasteiger partial charge in [-0.15, -0.1) is 0 Å². The lowest BCUT2D eigenvalue weighted by Gasteiger charge is -2.42. The van der Waals surface area contributed by atoms with Crippen molar-refractivity contribution >= 4 is 137 Å². The van der Waals surface area contributed by atoms with Gasteiger partial charge < -0.3 is 102 Å². The van der Waals surface area contributed by atoms with Crippen LogP contribution in [0.15, 0.2) is 121 Å². The minimum Gasteiger partial charge on any atom is -0.508 e. The van der Waals surface area contributed by atoms with Crippen LogP contribution in [0.3, 0.4) is 0 Å². The van der Waals surface area contributed by atoms with E-state index in [1.165, 1.54) is 85.7 Å². The number of nitrogens with two attached hydrogens (primary N) is 2. The number of anilines is 1. The highest BCUT2D eigenvalue weighted by molar-refractivity contribution is 8.77. The van der Waals surface area contributed by atoms with Gasteiger partial charge >= 0.3 is 12.1 Å². The lowest BCUT2D eigenvalue weighted by Crippen LogP contribution is -2.63. The molecule has 3 saturated heterocycles.